The monoisotopic (exact) mass is 383 g/mol. The molecule has 1 fully saturated rings. The lowest BCUT2D eigenvalue weighted by molar-refractivity contribution is -0.149. The van der Waals surface area contributed by atoms with Gasteiger partial charge < -0.3 is 18.6 Å². The lowest BCUT2D eigenvalue weighted by Crippen LogP contribution is -2.40. The molecular formula is C20H21N3O5. The van der Waals surface area contributed by atoms with Crippen LogP contribution in [0.3, 0.4) is 0 Å². The van der Waals surface area contributed by atoms with Gasteiger partial charge in [-0.3, -0.25) is 9.59 Å². The molecule has 0 spiro atoms. The van der Waals surface area contributed by atoms with Crippen LogP contribution in [-0.4, -0.2) is 46.6 Å². The van der Waals surface area contributed by atoms with Crippen molar-refractivity contribution in [3.8, 4) is 11.6 Å². The second kappa shape index (κ2) is 7.46. The number of nitrogens with zero attached hydrogens (tertiary/aromatic N) is 3. The first-order valence-corrected chi connectivity index (χ1v) is 9.36. The van der Waals surface area contributed by atoms with Crippen molar-refractivity contribution in [2.24, 2.45) is 5.92 Å². The molecule has 146 valence electrons. The van der Waals surface area contributed by atoms with Gasteiger partial charge in [0.15, 0.2) is 5.76 Å². The van der Waals surface area contributed by atoms with Gasteiger partial charge in [0.05, 0.1) is 12.5 Å². The summed E-state index contributed by atoms with van der Waals surface area (Å²) in [7, 11) is 0. The average Bonchev–Trinajstić information content (AvgIpc) is 3.33. The summed E-state index contributed by atoms with van der Waals surface area (Å²) in [5, 5.41) is 4.89. The smallest absolute Gasteiger partial charge is 0.316 e. The van der Waals surface area contributed by atoms with Crippen LogP contribution in [0.15, 0.2) is 33.2 Å². The standard InChI is InChI=1S/C20H21N3O5/c1-3-26-20(25)13-8-10-23(11-9-13)19(24)18-21-17(22-28-18)16-12(2)14-6-4-5-7-15(14)27-16/h4-7,13H,3,8-11H2,1-2H3. The molecule has 2 aromatic heterocycles. The first-order valence-electron chi connectivity index (χ1n) is 9.36. The van der Waals surface area contributed by atoms with Gasteiger partial charge in [0.2, 0.25) is 5.82 Å². The summed E-state index contributed by atoms with van der Waals surface area (Å²) in [6.45, 7) is 4.96. The number of benzene rings is 1. The Morgan fingerprint density at radius 1 is 1.25 bits per heavy atom. The SMILES string of the molecule is CCOC(=O)C1CCN(C(=O)c2nc(-c3oc4ccccc4c3C)no2)CC1. The van der Waals surface area contributed by atoms with Crippen LogP contribution in [0.5, 0.6) is 0 Å². The van der Waals surface area contributed by atoms with Crippen molar-refractivity contribution in [1.82, 2.24) is 15.0 Å². The number of para-hydroxylation sites is 1. The Morgan fingerprint density at radius 3 is 2.71 bits per heavy atom. The molecule has 1 saturated heterocycles. The van der Waals surface area contributed by atoms with Crippen LogP contribution in [0.1, 0.15) is 36.0 Å². The van der Waals surface area contributed by atoms with Crippen LogP contribution in [0.2, 0.25) is 0 Å². The molecule has 28 heavy (non-hydrogen) atoms. The van der Waals surface area contributed by atoms with E-state index in [9.17, 15) is 9.59 Å². The van der Waals surface area contributed by atoms with Crippen LogP contribution in [0.4, 0.5) is 0 Å². The van der Waals surface area contributed by atoms with Crippen molar-refractivity contribution in [2.75, 3.05) is 19.7 Å². The Labute approximate surface area is 161 Å². The average molecular weight is 383 g/mol. The highest BCUT2D eigenvalue weighted by atomic mass is 16.5. The number of amides is 1. The number of hydrogen-bond donors (Lipinski definition) is 0. The van der Waals surface area contributed by atoms with Gasteiger partial charge in [0, 0.05) is 24.0 Å². The lowest BCUT2D eigenvalue weighted by atomic mass is 9.97. The van der Waals surface area contributed by atoms with E-state index in [0.717, 1.165) is 16.5 Å². The normalized spacial score (nSPS) is 15.1. The molecular weight excluding hydrogens is 362 g/mol. The number of likely N-dealkylation sites (tertiary alicyclic amines) is 1. The molecule has 0 atom stereocenters. The quantitative estimate of drug-likeness (QED) is 0.638. The largest absolute Gasteiger partial charge is 0.466 e. The zero-order valence-electron chi connectivity index (χ0n) is 15.8. The summed E-state index contributed by atoms with van der Waals surface area (Å²) < 4.78 is 16.1. The minimum absolute atomic E-state index is 0.0792. The predicted octanol–water partition coefficient (Wildman–Crippen LogP) is 3.21. The molecule has 4 rings (SSSR count). The van der Waals surface area contributed by atoms with Crippen molar-refractivity contribution < 1.29 is 23.3 Å². The summed E-state index contributed by atoms with van der Waals surface area (Å²) in [5.41, 5.74) is 1.62. The molecule has 0 bridgehead atoms. The zero-order valence-corrected chi connectivity index (χ0v) is 15.8. The third kappa shape index (κ3) is 3.26. The van der Waals surface area contributed by atoms with Crippen LogP contribution in [-0.2, 0) is 9.53 Å². The Bertz CT molecular complexity index is 1010. The number of aromatic nitrogens is 2. The van der Waals surface area contributed by atoms with Crippen molar-refractivity contribution >= 4 is 22.8 Å². The van der Waals surface area contributed by atoms with E-state index in [1.165, 1.54) is 0 Å². The number of esters is 1. The Kier molecular flexibility index (Phi) is 4.85. The van der Waals surface area contributed by atoms with E-state index < -0.39 is 0 Å². The first kappa shape index (κ1) is 18.2. The van der Waals surface area contributed by atoms with Crippen LogP contribution in [0.25, 0.3) is 22.6 Å². The maximum atomic E-state index is 12.7. The Balaban J connectivity index is 1.48. The van der Waals surface area contributed by atoms with Crippen molar-refractivity contribution in [1.29, 1.82) is 0 Å². The molecule has 1 aliphatic rings. The number of fused-ring (bicyclic) bond motifs is 1. The fourth-order valence-corrected chi connectivity index (χ4v) is 3.50. The van der Waals surface area contributed by atoms with Gasteiger partial charge in [-0.1, -0.05) is 23.4 Å². The van der Waals surface area contributed by atoms with Gasteiger partial charge in [-0.05, 0) is 32.8 Å². The maximum Gasteiger partial charge on any atom is 0.316 e. The molecule has 3 heterocycles. The summed E-state index contributed by atoms with van der Waals surface area (Å²) in [6, 6.07) is 7.64. The molecule has 0 radical (unpaired) electrons. The summed E-state index contributed by atoms with van der Waals surface area (Å²) in [6.07, 6.45) is 1.13. The van der Waals surface area contributed by atoms with Crippen LogP contribution >= 0.6 is 0 Å². The number of hydrogen-bond acceptors (Lipinski definition) is 7. The second-order valence-corrected chi connectivity index (χ2v) is 6.79. The molecule has 1 aliphatic heterocycles. The lowest BCUT2D eigenvalue weighted by Gasteiger charge is -2.29. The predicted molar refractivity (Wildman–Crippen MR) is 99.5 cm³/mol. The first-order chi connectivity index (χ1) is 13.6. The number of furan rings is 1. The molecule has 0 saturated carbocycles. The van der Waals surface area contributed by atoms with Crippen molar-refractivity contribution in [2.45, 2.75) is 26.7 Å². The Morgan fingerprint density at radius 2 is 2.00 bits per heavy atom. The number of carbonyl (C=O) groups excluding carboxylic acids is 2. The summed E-state index contributed by atoms with van der Waals surface area (Å²) in [4.78, 5) is 30.4. The highest BCUT2D eigenvalue weighted by Crippen LogP contribution is 2.31. The van der Waals surface area contributed by atoms with E-state index in [1.54, 1.807) is 11.8 Å². The Hall–Kier alpha value is -3.16. The van der Waals surface area contributed by atoms with E-state index in [1.807, 2.05) is 31.2 Å². The van der Waals surface area contributed by atoms with Gasteiger partial charge in [0.25, 0.3) is 0 Å². The van der Waals surface area contributed by atoms with Gasteiger partial charge >= 0.3 is 17.8 Å². The van der Waals surface area contributed by atoms with Gasteiger partial charge in [-0.2, -0.15) is 4.98 Å². The summed E-state index contributed by atoms with van der Waals surface area (Å²) in [5.74, 6) is -0.0433. The van der Waals surface area contributed by atoms with Crippen molar-refractivity contribution in [3.63, 3.8) is 0 Å². The van der Waals surface area contributed by atoms with Crippen LogP contribution in [0, 0.1) is 12.8 Å². The van der Waals surface area contributed by atoms with E-state index >= 15 is 0 Å². The number of aryl methyl sites for hydroxylation is 1. The van der Waals surface area contributed by atoms with E-state index in [0.29, 0.717) is 38.3 Å². The molecule has 0 N–H and O–H groups in total. The third-order valence-electron chi connectivity index (χ3n) is 5.06. The minimum Gasteiger partial charge on any atom is -0.466 e. The topological polar surface area (TPSA) is 98.7 Å². The van der Waals surface area contributed by atoms with Gasteiger partial charge in [-0.15, -0.1) is 0 Å². The highest BCUT2D eigenvalue weighted by molar-refractivity contribution is 5.91. The number of carbonyl (C=O) groups is 2. The van der Waals surface area contributed by atoms with Crippen molar-refractivity contribution in [3.05, 3.63) is 35.7 Å². The molecule has 3 aromatic rings. The molecule has 8 heteroatoms. The molecule has 0 unspecified atom stereocenters. The fourth-order valence-electron chi connectivity index (χ4n) is 3.50. The highest BCUT2D eigenvalue weighted by Gasteiger charge is 2.31. The molecule has 1 aromatic carbocycles. The minimum atomic E-state index is -0.338. The zero-order chi connectivity index (χ0) is 19.7. The molecule has 0 aliphatic carbocycles. The fraction of sp³-hybridized carbons (Fsp3) is 0.400. The third-order valence-corrected chi connectivity index (χ3v) is 5.06. The van der Waals surface area contributed by atoms with Gasteiger partial charge in [-0.25, -0.2) is 0 Å². The second-order valence-electron chi connectivity index (χ2n) is 6.79. The molecule has 8 nitrogen and oxygen atoms in total. The maximum absolute atomic E-state index is 12.7. The van der Waals surface area contributed by atoms with E-state index in [2.05, 4.69) is 10.1 Å². The summed E-state index contributed by atoms with van der Waals surface area (Å²) >= 11 is 0. The number of ether oxygens (including phenoxy) is 1. The van der Waals surface area contributed by atoms with Gasteiger partial charge in [0.1, 0.15) is 5.58 Å². The van der Waals surface area contributed by atoms with Crippen LogP contribution < -0.4 is 0 Å². The molecule has 1 amide bonds. The number of rotatable bonds is 4. The number of piperidine rings is 1. The van der Waals surface area contributed by atoms with E-state index in [4.69, 9.17) is 13.7 Å². The van der Waals surface area contributed by atoms with E-state index in [-0.39, 0.29) is 29.5 Å².